The molecule has 3 aromatic rings. The van der Waals surface area contributed by atoms with E-state index in [1.807, 2.05) is 24.3 Å². The molecule has 0 saturated heterocycles. The zero-order valence-corrected chi connectivity index (χ0v) is 18.1. The molecule has 1 aromatic carbocycles. The van der Waals surface area contributed by atoms with Gasteiger partial charge in [0.1, 0.15) is 29.3 Å². The third-order valence-electron chi connectivity index (χ3n) is 6.66. The Kier molecular flexibility index (Phi) is 5.62. The maximum atomic E-state index is 12.6. The fourth-order valence-corrected chi connectivity index (χ4v) is 5.05. The van der Waals surface area contributed by atoms with Gasteiger partial charge in [0.25, 0.3) is 0 Å². The van der Waals surface area contributed by atoms with Crippen molar-refractivity contribution in [3.8, 4) is 5.75 Å². The molecule has 6 heteroatoms. The maximum Gasteiger partial charge on any atom is 0.143 e. The minimum atomic E-state index is 0.0949. The molecule has 31 heavy (non-hydrogen) atoms. The lowest BCUT2D eigenvalue weighted by Crippen LogP contribution is -2.22. The number of nitrogens with zero attached hydrogens (tertiary/aromatic N) is 2. The van der Waals surface area contributed by atoms with Crippen molar-refractivity contribution in [3.63, 3.8) is 0 Å². The van der Waals surface area contributed by atoms with Crippen LogP contribution in [-0.2, 0) is 17.6 Å². The van der Waals surface area contributed by atoms with Crippen LogP contribution in [0.5, 0.6) is 5.75 Å². The fraction of sp³-hybridized carbons (Fsp3) is 0.480. The molecule has 2 heterocycles. The maximum absolute atomic E-state index is 12.6. The van der Waals surface area contributed by atoms with E-state index in [1.54, 1.807) is 6.33 Å². The summed E-state index contributed by atoms with van der Waals surface area (Å²) >= 11 is 0. The lowest BCUT2D eigenvalue weighted by Gasteiger charge is -2.21. The molecule has 0 radical (unpaired) electrons. The summed E-state index contributed by atoms with van der Waals surface area (Å²) in [6.07, 6.45) is 10.7. The SMILES string of the molecule is CCCC(=O)C1CCc2[nH]c3ncnc(Nc4ccccc4OC4CCCC4)c3c2C1. The van der Waals surface area contributed by atoms with Crippen molar-refractivity contribution in [1.82, 2.24) is 15.0 Å². The summed E-state index contributed by atoms with van der Waals surface area (Å²) in [6, 6.07) is 8.07. The highest BCUT2D eigenvalue weighted by Crippen LogP contribution is 2.37. The molecule has 2 aromatic heterocycles. The van der Waals surface area contributed by atoms with Crippen molar-refractivity contribution in [2.75, 3.05) is 5.32 Å². The van der Waals surface area contributed by atoms with Crippen molar-refractivity contribution in [2.45, 2.75) is 70.8 Å². The van der Waals surface area contributed by atoms with Crippen molar-refractivity contribution in [1.29, 1.82) is 0 Å². The van der Waals surface area contributed by atoms with Crippen LogP contribution >= 0.6 is 0 Å². The van der Waals surface area contributed by atoms with E-state index in [-0.39, 0.29) is 5.92 Å². The molecule has 1 unspecified atom stereocenters. The predicted molar refractivity (Wildman–Crippen MR) is 122 cm³/mol. The minimum absolute atomic E-state index is 0.0949. The number of Topliss-reactive ketones (excluding diaryl/α,β-unsaturated/α-hetero) is 1. The summed E-state index contributed by atoms with van der Waals surface area (Å²) in [4.78, 5) is 25.1. The number of carbonyl (C=O) groups is 1. The molecule has 2 aliphatic carbocycles. The third-order valence-corrected chi connectivity index (χ3v) is 6.66. The Bertz CT molecular complexity index is 1080. The highest BCUT2D eigenvalue weighted by Gasteiger charge is 2.28. The van der Waals surface area contributed by atoms with E-state index in [4.69, 9.17) is 4.74 Å². The molecule has 0 aliphatic heterocycles. The van der Waals surface area contributed by atoms with E-state index in [9.17, 15) is 4.79 Å². The number of hydrogen-bond donors (Lipinski definition) is 2. The first kappa shape index (κ1) is 20.0. The fourth-order valence-electron chi connectivity index (χ4n) is 5.05. The van der Waals surface area contributed by atoms with Gasteiger partial charge in [-0.15, -0.1) is 0 Å². The lowest BCUT2D eigenvalue weighted by atomic mass is 9.83. The Morgan fingerprint density at radius 3 is 2.87 bits per heavy atom. The van der Waals surface area contributed by atoms with Crippen LogP contribution in [0.4, 0.5) is 11.5 Å². The van der Waals surface area contributed by atoms with E-state index >= 15 is 0 Å². The van der Waals surface area contributed by atoms with E-state index in [2.05, 4.69) is 27.2 Å². The number of ether oxygens (including phenoxy) is 1. The van der Waals surface area contributed by atoms with Crippen LogP contribution in [0.2, 0.25) is 0 Å². The summed E-state index contributed by atoms with van der Waals surface area (Å²) in [5.41, 5.74) is 4.13. The number of para-hydroxylation sites is 2. The average Bonchev–Trinajstić information content (AvgIpc) is 3.42. The number of benzene rings is 1. The molecule has 2 aliphatic rings. The zero-order chi connectivity index (χ0) is 21.2. The van der Waals surface area contributed by atoms with Crippen LogP contribution in [0.25, 0.3) is 11.0 Å². The minimum Gasteiger partial charge on any atom is -0.488 e. The molecule has 1 fully saturated rings. The largest absolute Gasteiger partial charge is 0.488 e. The Hall–Kier alpha value is -2.89. The molecular formula is C25H30N4O2. The number of anilines is 2. The van der Waals surface area contributed by atoms with Gasteiger partial charge in [-0.2, -0.15) is 0 Å². The first-order chi connectivity index (χ1) is 15.2. The summed E-state index contributed by atoms with van der Waals surface area (Å²) in [5.74, 6) is 2.11. The molecule has 1 atom stereocenters. The second-order valence-electron chi connectivity index (χ2n) is 8.83. The summed E-state index contributed by atoms with van der Waals surface area (Å²) in [5, 5.41) is 4.52. The summed E-state index contributed by atoms with van der Waals surface area (Å²) in [6.45, 7) is 2.07. The van der Waals surface area contributed by atoms with Crippen LogP contribution in [-0.4, -0.2) is 26.8 Å². The van der Waals surface area contributed by atoms with Crippen LogP contribution in [0.15, 0.2) is 30.6 Å². The number of nitrogens with one attached hydrogen (secondary N) is 2. The van der Waals surface area contributed by atoms with E-state index in [0.717, 1.165) is 66.8 Å². The van der Waals surface area contributed by atoms with Gasteiger partial charge in [0.05, 0.1) is 17.2 Å². The van der Waals surface area contributed by atoms with Gasteiger partial charge in [0, 0.05) is 18.0 Å². The average molecular weight is 419 g/mol. The second kappa shape index (κ2) is 8.69. The predicted octanol–water partition coefficient (Wildman–Crippen LogP) is 5.50. The topological polar surface area (TPSA) is 79.9 Å². The normalized spacial score (nSPS) is 18.8. The number of carbonyl (C=O) groups excluding carboxylic acids is 1. The number of aromatic nitrogens is 3. The third kappa shape index (κ3) is 4.03. The number of H-pyrrole nitrogens is 1. The molecule has 5 rings (SSSR count). The Balaban J connectivity index is 1.47. The van der Waals surface area contributed by atoms with Gasteiger partial charge < -0.3 is 15.0 Å². The highest BCUT2D eigenvalue weighted by atomic mass is 16.5. The van der Waals surface area contributed by atoms with Gasteiger partial charge >= 0.3 is 0 Å². The van der Waals surface area contributed by atoms with E-state index in [1.165, 1.54) is 24.1 Å². The number of fused-ring (bicyclic) bond motifs is 3. The quantitative estimate of drug-likeness (QED) is 0.530. The Morgan fingerprint density at radius 1 is 1.19 bits per heavy atom. The van der Waals surface area contributed by atoms with Crippen LogP contribution in [0.1, 0.15) is 63.1 Å². The summed E-state index contributed by atoms with van der Waals surface area (Å²) < 4.78 is 6.30. The van der Waals surface area contributed by atoms with Gasteiger partial charge in [-0.3, -0.25) is 4.79 Å². The van der Waals surface area contributed by atoms with Gasteiger partial charge in [-0.05, 0) is 69.1 Å². The van der Waals surface area contributed by atoms with Gasteiger partial charge in [0.2, 0.25) is 0 Å². The number of hydrogen-bond acceptors (Lipinski definition) is 5. The lowest BCUT2D eigenvalue weighted by molar-refractivity contribution is -0.123. The molecule has 0 spiro atoms. The van der Waals surface area contributed by atoms with Crippen molar-refractivity contribution in [3.05, 3.63) is 41.9 Å². The van der Waals surface area contributed by atoms with Crippen molar-refractivity contribution in [2.24, 2.45) is 5.92 Å². The van der Waals surface area contributed by atoms with Gasteiger partial charge in [0.15, 0.2) is 0 Å². The monoisotopic (exact) mass is 418 g/mol. The standard InChI is InChI=1S/C25H30N4O2/c1-2-7-21(30)16-12-13-19-18(14-16)23-24(28-19)26-15-27-25(23)29-20-10-5-6-11-22(20)31-17-8-3-4-9-17/h5-6,10-11,15-17H,2-4,7-9,12-14H2,1H3,(H2,26,27,28,29). The summed E-state index contributed by atoms with van der Waals surface area (Å²) in [7, 11) is 0. The molecule has 2 N–H and O–H groups in total. The second-order valence-corrected chi connectivity index (χ2v) is 8.83. The van der Waals surface area contributed by atoms with E-state index in [0.29, 0.717) is 18.3 Å². The first-order valence-corrected chi connectivity index (χ1v) is 11.6. The Labute approximate surface area is 182 Å². The van der Waals surface area contributed by atoms with E-state index < -0.39 is 0 Å². The number of ketones is 1. The molecule has 6 nitrogen and oxygen atoms in total. The molecule has 1 saturated carbocycles. The van der Waals surface area contributed by atoms with Gasteiger partial charge in [-0.25, -0.2) is 9.97 Å². The smallest absolute Gasteiger partial charge is 0.143 e. The molecule has 162 valence electrons. The molecule has 0 bridgehead atoms. The zero-order valence-electron chi connectivity index (χ0n) is 18.1. The highest BCUT2D eigenvalue weighted by molar-refractivity contribution is 5.94. The van der Waals surface area contributed by atoms with Crippen molar-refractivity contribution < 1.29 is 9.53 Å². The molecular weight excluding hydrogens is 388 g/mol. The Morgan fingerprint density at radius 2 is 2.03 bits per heavy atom. The van der Waals surface area contributed by atoms with Crippen LogP contribution in [0, 0.1) is 5.92 Å². The first-order valence-electron chi connectivity index (χ1n) is 11.6. The number of rotatable bonds is 7. The number of aromatic amines is 1. The van der Waals surface area contributed by atoms with Crippen molar-refractivity contribution >= 4 is 28.3 Å². The molecule has 0 amide bonds. The van der Waals surface area contributed by atoms with Gasteiger partial charge in [-0.1, -0.05) is 19.1 Å². The number of aryl methyl sites for hydroxylation is 1. The van der Waals surface area contributed by atoms with Crippen LogP contribution in [0.3, 0.4) is 0 Å². The van der Waals surface area contributed by atoms with Crippen LogP contribution < -0.4 is 10.1 Å².